The fourth-order valence-corrected chi connectivity index (χ4v) is 4.65. The van der Waals surface area contributed by atoms with Crippen LogP contribution in [0.5, 0.6) is 0 Å². The maximum atomic E-state index is 12.9. The Hall–Kier alpha value is -3.33. The molecule has 0 aliphatic carbocycles. The molecule has 1 heterocycles. The molecule has 2 aromatic carbocycles. The van der Waals surface area contributed by atoms with Crippen molar-refractivity contribution in [3.8, 4) is 5.69 Å². The zero-order chi connectivity index (χ0) is 24.2. The Bertz CT molecular complexity index is 1280. The van der Waals surface area contributed by atoms with Gasteiger partial charge in [0.25, 0.3) is 5.56 Å². The van der Waals surface area contributed by atoms with Crippen LogP contribution in [-0.4, -0.2) is 36.5 Å². The highest BCUT2D eigenvalue weighted by atomic mass is 32.2. The third-order valence-electron chi connectivity index (χ3n) is 5.62. The van der Waals surface area contributed by atoms with Crippen LogP contribution in [0.3, 0.4) is 0 Å². The van der Waals surface area contributed by atoms with E-state index in [4.69, 9.17) is 0 Å². The van der Waals surface area contributed by atoms with Gasteiger partial charge in [-0.15, -0.1) is 0 Å². The Balaban J connectivity index is 1.69. The number of carbonyl (C=O) groups is 1. The molecule has 1 amide bonds. The van der Waals surface area contributed by atoms with Crippen LogP contribution in [0.4, 0.5) is 11.4 Å². The second-order valence-corrected chi connectivity index (χ2v) is 9.85. The van der Waals surface area contributed by atoms with Gasteiger partial charge in [-0.3, -0.25) is 18.6 Å². The molecule has 0 bridgehead atoms. The van der Waals surface area contributed by atoms with Crippen LogP contribution >= 0.6 is 0 Å². The molecule has 33 heavy (non-hydrogen) atoms. The van der Waals surface area contributed by atoms with Gasteiger partial charge < -0.3 is 5.32 Å². The Morgan fingerprint density at radius 2 is 1.70 bits per heavy atom. The van der Waals surface area contributed by atoms with Crippen molar-refractivity contribution in [2.75, 3.05) is 22.4 Å². The average Bonchev–Trinajstić information content (AvgIpc) is 2.99. The molecule has 0 spiro atoms. The third kappa shape index (κ3) is 5.54. The molecule has 0 aliphatic rings. The number of rotatable bonds is 9. The van der Waals surface area contributed by atoms with Gasteiger partial charge in [0.05, 0.1) is 23.3 Å². The fourth-order valence-electron chi connectivity index (χ4n) is 3.68. The Morgan fingerprint density at radius 3 is 2.27 bits per heavy atom. The summed E-state index contributed by atoms with van der Waals surface area (Å²) in [6, 6.07) is 16.5. The summed E-state index contributed by atoms with van der Waals surface area (Å²) in [5.41, 5.74) is 2.92. The van der Waals surface area contributed by atoms with Crippen LogP contribution in [0.2, 0.25) is 0 Å². The van der Waals surface area contributed by atoms with Gasteiger partial charge in [-0.2, -0.15) is 0 Å². The first-order chi connectivity index (χ1) is 15.6. The number of amides is 1. The maximum absolute atomic E-state index is 12.9. The van der Waals surface area contributed by atoms with E-state index in [1.165, 1.54) is 8.99 Å². The summed E-state index contributed by atoms with van der Waals surface area (Å²) in [7, 11) is -1.74. The van der Waals surface area contributed by atoms with Crippen molar-refractivity contribution >= 4 is 27.3 Å². The van der Waals surface area contributed by atoms with E-state index in [-0.39, 0.29) is 30.1 Å². The van der Waals surface area contributed by atoms with Gasteiger partial charge in [0, 0.05) is 20.0 Å². The summed E-state index contributed by atoms with van der Waals surface area (Å²) in [5, 5.41) is 2.72. The molecule has 1 N–H and O–H groups in total. The van der Waals surface area contributed by atoms with E-state index in [0.29, 0.717) is 23.5 Å². The number of aryl methyl sites for hydroxylation is 1. The summed E-state index contributed by atoms with van der Waals surface area (Å²) < 4.78 is 29.1. The molecule has 0 saturated carbocycles. The summed E-state index contributed by atoms with van der Waals surface area (Å²) in [4.78, 5) is 25.5. The molecule has 0 aliphatic heterocycles. The van der Waals surface area contributed by atoms with Crippen LogP contribution in [0.15, 0.2) is 59.4 Å². The average molecular weight is 471 g/mol. The smallest absolute Gasteiger partial charge is 0.295 e. The number of para-hydroxylation sites is 1. The van der Waals surface area contributed by atoms with Crippen molar-refractivity contribution in [3.05, 3.63) is 76.2 Å². The highest BCUT2D eigenvalue weighted by molar-refractivity contribution is 7.92. The number of benzene rings is 2. The van der Waals surface area contributed by atoms with Gasteiger partial charge >= 0.3 is 0 Å². The van der Waals surface area contributed by atoms with E-state index < -0.39 is 10.0 Å². The molecule has 0 unspecified atom stereocenters. The third-order valence-corrected chi connectivity index (χ3v) is 6.81. The number of anilines is 2. The minimum atomic E-state index is -3.50. The van der Waals surface area contributed by atoms with Crippen LogP contribution in [0, 0.1) is 6.92 Å². The first-order valence-electron chi connectivity index (χ1n) is 10.8. The van der Waals surface area contributed by atoms with E-state index in [2.05, 4.69) is 5.32 Å². The van der Waals surface area contributed by atoms with Gasteiger partial charge in [0.1, 0.15) is 5.69 Å². The van der Waals surface area contributed by atoms with Gasteiger partial charge in [0.2, 0.25) is 15.9 Å². The second-order valence-electron chi connectivity index (χ2n) is 7.94. The minimum absolute atomic E-state index is 0.0815. The molecule has 176 valence electrons. The molecular formula is C24H30N4O4S. The number of hydrogen-bond donors (Lipinski definition) is 1. The summed E-state index contributed by atoms with van der Waals surface area (Å²) in [6.07, 6.45) is 2.41. The van der Waals surface area contributed by atoms with Crippen molar-refractivity contribution in [2.45, 2.75) is 33.1 Å². The van der Waals surface area contributed by atoms with Gasteiger partial charge in [-0.1, -0.05) is 37.3 Å². The van der Waals surface area contributed by atoms with Crippen molar-refractivity contribution in [2.24, 2.45) is 7.05 Å². The molecule has 3 aromatic rings. The molecule has 3 rings (SSSR count). The highest BCUT2D eigenvalue weighted by Gasteiger charge is 2.20. The van der Waals surface area contributed by atoms with E-state index in [0.717, 1.165) is 18.2 Å². The normalized spacial score (nSPS) is 11.4. The van der Waals surface area contributed by atoms with Crippen molar-refractivity contribution in [1.82, 2.24) is 9.36 Å². The van der Waals surface area contributed by atoms with E-state index in [1.807, 2.05) is 49.4 Å². The lowest BCUT2D eigenvalue weighted by Crippen LogP contribution is -2.31. The molecule has 1 aromatic heterocycles. The fraction of sp³-hybridized carbons (Fsp3) is 0.333. The number of hydrogen-bond acceptors (Lipinski definition) is 4. The predicted molar refractivity (Wildman–Crippen MR) is 132 cm³/mol. The van der Waals surface area contributed by atoms with Crippen LogP contribution in [0.25, 0.3) is 5.69 Å². The quantitative estimate of drug-likeness (QED) is 0.520. The topological polar surface area (TPSA) is 93.4 Å². The number of nitrogens with zero attached hydrogens (tertiary/aromatic N) is 3. The first-order valence-corrected chi connectivity index (χ1v) is 12.7. The maximum Gasteiger partial charge on any atom is 0.295 e. The number of nitrogens with one attached hydrogen (secondary N) is 1. The van der Waals surface area contributed by atoms with Crippen molar-refractivity contribution in [3.63, 3.8) is 0 Å². The largest absolute Gasteiger partial charge is 0.320 e. The summed E-state index contributed by atoms with van der Waals surface area (Å²) >= 11 is 0. The highest BCUT2D eigenvalue weighted by Crippen LogP contribution is 2.20. The minimum Gasteiger partial charge on any atom is -0.320 e. The van der Waals surface area contributed by atoms with E-state index >= 15 is 0 Å². The molecule has 0 radical (unpaired) electrons. The molecular weight excluding hydrogens is 440 g/mol. The molecule has 0 saturated heterocycles. The molecule has 8 nitrogen and oxygen atoms in total. The van der Waals surface area contributed by atoms with Gasteiger partial charge in [-0.25, -0.2) is 13.1 Å². The van der Waals surface area contributed by atoms with Gasteiger partial charge in [0.15, 0.2) is 0 Å². The summed E-state index contributed by atoms with van der Waals surface area (Å²) in [5.74, 6) is -0.337. The lowest BCUT2D eigenvalue weighted by atomic mass is 10.1. The molecule has 0 atom stereocenters. The van der Waals surface area contributed by atoms with Crippen molar-refractivity contribution < 1.29 is 13.2 Å². The monoisotopic (exact) mass is 470 g/mol. The predicted octanol–water partition coefficient (Wildman–Crippen LogP) is 3.23. The Kier molecular flexibility index (Phi) is 7.43. The number of aromatic nitrogens is 2. The molecule has 0 fully saturated rings. The summed E-state index contributed by atoms with van der Waals surface area (Å²) in [6.45, 7) is 3.96. The van der Waals surface area contributed by atoms with Gasteiger partial charge in [-0.05, 0) is 49.6 Å². The number of carbonyl (C=O) groups excluding carboxylic acids is 1. The standard InChI is InChI=1S/C24H30N4O4S/c1-5-19-13-15-20(16-14-19)27(33(4,31)32)17-9-12-22(29)25-23-18(2)26(3)28(24(23)30)21-10-7-6-8-11-21/h6-8,10-11,13-16H,5,9,12,17H2,1-4H3,(H,25,29). The second kappa shape index (κ2) is 10.1. The first kappa shape index (κ1) is 24.3. The van der Waals surface area contributed by atoms with Crippen LogP contribution < -0.4 is 15.2 Å². The SMILES string of the molecule is CCc1ccc(N(CCCC(=O)Nc2c(C)n(C)n(-c3ccccc3)c2=O)S(C)(=O)=O)cc1. The lowest BCUT2D eigenvalue weighted by molar-refractivity contribution is -0.116. The Labute approximate surface area is 194 Å². The zero-order valence-electron chi connectivity index (χ0n) is 19.4. The Morgan fingerprint density at radius 1 is 1.06 bits per heavy atom. The lowest BCUT2D eigenvalue weighted by Gasteiger charge is -2.22. The van der Waals surface area contributed by atoms with Crippen LogP contribution in [0.1, 0.15) is 31.0 Å². The zero-order valence-corrected chi connectivity index (χ0v) is 20.2. The van der Waals surface area contributed by atoms with E-state index in [1.54, 1.807) is 30.8 Å². The number of sulfonamides is 1. The van der Waals surface area contributed by atoms with E-state index in [9.17, 15) is 18.0 Å². The van der Waals surface area contributed by atoms with Crippen LogP contribution in [-0.2, 0) is 28.3 Å². The van der Waals surface area contributed by atoms with Crippen molar-refractivity contribution in [1.29, 1.82) is 0 Å². The molecule has 9 heteroatoms.